The third-order valence-electron chi connectivity index (χ3n) is 0. The molecule has 0 aliphatic rings. The summed E-state index contributed by atoms with van der Waals surface area (Å²) in [5, 5.41) is 0. The molecule has 0 aromatic heterocycles. The summed E-state index contributed by atoms with van der Waals surface area (Å²) in [7, 11) is -5.39. The van der Waals surface area contributed by atoms with Gasteiger partial charge in [0.1, 0.15) is 0 Å². The molecule has 0 radical (unpaired) electrons. The Morgan fingerprint density at radius 3 is 1.00 bits per heavy atom. The van der Waals surface area contributed by atoms with E-state index in [1.165, 1.54) is 0 Å². The second-order valence-electron chi connectivity index (χ2n) is 0.447. The van der Waals surface area contributed by atoms with Crippen LogP contribution in [0, 0.1) is 0 Å². The van der Waals surface area contributed by atoms with Crippen molar-refractivity contribution in [1.82, 2.24) is 0 Å². The monoisotopic (exact) mass is 168 g/mol. The summed E-state index contributed by atoms with van der Waals surface area (Å²) in [5.74, 6) is 0. The quantitative estimate of drug-likeness (QED) is 0.265. The van der Waals surface area contributed by atoms with Gasteiger partial charge in [-0.1, -0.05) is 0 Å². The molecule has 0 heterocycles. The van der Waals surface area contributed by atoms with E-state index < -0.39 is 7.82 Å². The molecule has 0 saturated heterocycles. The Morgan fingerprint density at radius 1 is 1.00 bits per heavy atom. The normalized spacial score (nSPS) is 7.38. The fourth-order valence-electron chi connectivity index (χ4n) is 0. The van der Waals surface area contributed by atoms with E-state index in [0.29, 0.717) is 0 Å². The predicted octanol–water partition coefficient (Wildman–Crippen LogP) is -9.20. The Morgan fingerprint density at radius 2 is 1.00 bits per heavy atom. The van der Waals surface area contributed by atoms with Crippen molar-refractivity contribution >= 4 is 25.2 Å². The van der Waals surface area contributed by atoms with Crippen molar-refractivity contribution in [2.75, 3.05) is 0 Å². The largest absolute Gasteiger partial charge is 3.00 e. The molecule has 0 unspecified atom stereocenters. The van der Waals surface area contributed by atoms with Gasteiger partial charge >= 0.3 is 76.5 Å². The van der Waals surface area contributed by atoms with Crippen LogP contribution in [0.1, 0.15) is 0 Å². The summed E-state index contributed by atoms with van der Waals surface area (Å²) in [4.78, 5) is 25.6. The Balaban J connectivity index is -0.0000000267. The van der Waals surface area contributed by atoms with Crippen LogP contribution < -0.4 is 73.8 Å². The second kappa shape index (κ2) is 9.64. The van der Waals surface area contributed by atoms with Crippen molar-refractivity contribution in [2.45, 2.75) is 0 Å². The maximum absolute atomic E-state index is 8.55. The molecule has 0 aromatic rings. The first kappa shape index (κ1) is 22.4. The minimum Gasteiger partial charge on any atom is -0.822 e. The van der Waals surface area contributed by atoms with E-state index >= 15 is 0 Å². The summed E-state index contributed by atoms with van der Waals surface area (Å²) in [6.45, 7) is 0. The fourth-order valence-corrected chi connectivity index (χ4v) is 0. The zero-order valence-electron chi connectivity index (χ0n) is 4.66. The summed E-state index contributed by atoms with van der Waals surface area (Å²) < 4.78 is 8.55. The van der Waals surface area contributed by atoms with E-state index in [9.17, 15) is 0 Å². The Bertz CT molecular complexity index is 60.2. The first-order valence-electron chi connectivity index (χ1n) is 0.730. The molecule has 32 valence electrons. The van der Waals surface area contributed by atoms with Gasteiger partial charge in [-0.2, -0.15) is 7.82 Å². The molecule has 0 aliphatic heterocycles. The van der Waals surface area contributed by atoms with Gasteiger partial charge in [-0.15, -0.1) is 0 Å². The van der Waals surface area contributed by atoms with Crippen LogP contribution in [0.3, 0.4) is 0 Å². The van der Waals surface area contributed by atoms with Gasteiger partial charge in [-0.25, -0.2) is 0 Å². The fraction of sp³-hybridized carbons (Fsp3) is 0. The third-order valence-corrected chi connectivity index (χ3v) is 0. The van der Waals surface area contributed by atoms with Crippen molar-refractivity contribution in [3.05, 3.63) is 0 Å². The SMILES string of the molecule is O=P([O-])([O-])[O-].[Al+3].[Na+].[Na+]. The van der Waals surface area contributed by atoms with Crippen LogP contribution in [0.5, 0.6) is 0 Å². The van der Waals surface area contributed by atoms with E-state index in [1.807, 2.05) is 0 Å². The van der Waals surface area contributed by atoms with Gasteiger partial charge in [0.25, 0.3) is 0 Å². The zero-order chi connectivity index (χ0) is 4.50. The van der Waals surface area contributed by atoms with Crippen molar-refractivity contribution in [3.63, 3.8) is 0 Å². The van der Waals surface area contributed by atoms with Crippen LogP contribution >= 0.6 is 7.82 Å². The Kier molecular flexibility index (Phi) is 27.0. The van der Waals surface area contributed by atoms with Gasteiger partial charge in [0.05, 0.1) is 0 Å². The predicted molar refractivity (Wildman–Crippen MR) is 13.4 cm³/mol. The zero-order valence-corrected chi connectivity index (χ0v) is 10.7. The molecule has 0 fully saturated rings. The molecule has 0 aliphatic carbocycles. The molecule has 0 spiro atoms. The molecule has 0 atom stereocenters. The summed E-state index contributed by atoms with van der Waals surface area (Å²) in [5.41, 5.74) is 0. The topological polar surface area (TPSA) is 86.2 Å². The maximum atomic E-state index is 8.55. The van der Waals surface area contributed by atoms with Gasteiger partial charge in [0, 0.05) is 0 Å². The summed E-state index contributed by atoms with van der Waals surface area (Å²) >= 11 is 0. The smallest absolute Gasteiger partial charge is 0.822 e. The maximum Gasteiger partial charge on any atom is 3.00 e. The first-order valence-corrected chi connectivity index (χ1v) is 2.19. The standard InChI is InChI=1S/Al.2Na.H3O4P/c;;;1-5(2,3)4/h;;;(H3,1,2,3,4)/q+3;2*+1;/p-3. The molecule has 0 amide bonds. The van der Waals surface area contributed by atoms with Gasteiger partial charge in [0.15, 0.2) is 0 Å². The van der Waals surface area contributed by atoms with E-state index in [1.54, 1.807) is 0 Å². The number of rotatable bonds is 0. The van der Waals surface area contributed by atoms with E-state index in [-0.39, 0.29) is 76.5 Å². The second-order valence-corrected chi connectivity index (χ2v) is 1.34. The molecule has 8 heteroatoms. The average molecular weight is 168 g/mol. The Labute approximate surface area is 102 Å². The van der Waals surface area contributed by atoms with Crippen LogP contribution in [0.2, 0.25) is 0 Å². The molecular formula is AlNa2O4P+2. The van der Waals surface area contributed by atoms with Crippen LogP contribution in [0.4, 0.5) is 0 Å². The van der Waals surface area contributed by atoms with Gasteiger partial charge in [-0.05, 0) is 0 Å². The molecule has 4 nitrogen and oxygen atoms in total. The van der Waals surface area contributed by atoms with Gasteiger partial charge < -0.3 is 19.2 Å². The van der Waals surface area contributed by atoms with Crippen molar-refractivity contribution < 1.29 is 78.4 Å². The molecule has 0 bridgehead atoms. The van der Waals surface area contributed by atoms with Gasteiger partial charge in [0.2, 0.25) is 0 Å². The number of hydrogen-bond acceptors (Lipinski definition) is 4. The van der Waals surface area contributed by atoms with Crippen LogP contribution in [0.15, 0.2) is 0 Å². The van der Waals surface area contributed by atoms with Crippen molar-refractivity contribution in [2.24, 2.45) is 0 Å². The molecule has 0 N–H and O–H groups in total. The van der Waals surface area contributed by atoms with Crippen molar-refractivity contribution in [3.8, 4) is 0 Å². The molecule has 0 saturated carbocycles. The van der Waals surface area contributed by atoms with E-state index in [2.05, 4.69) is 0 Å². The Hall–Kier alpha value is 2.64. The first-order chi connectivity index (χ1) is 2.00. The van der Waals surface area contributed by atoms with Crippen molar-refractivity contribution in [1.29, 1.82) is 0 Å². The van der Waals surface area contributed by atoms with E-state index in [4.69, 9.17) is 19.2 Å². The summed E-state index contributed by atoms with van der Waals surface area (Å²) in [6.07, 6.45) is 0. The van der Waals surface area contributed by atoms with Crippen LogP contribution in [-0.2, 0) is 4.57 Å². The van der Waals surface area contributed by atoms with E-state index in [0.717, 1.165) is 0 Å². The van der Waals surface area contributed by atoms with Crippen LogP contribution in [0.25, 0.3) is 0 Å². The summed E-state index contributed by atoms with van der Waals surface area (Å²) in [6, 6.07) is 0. The average Bonchev–Trinajstić information content (AvgIpc) is 0.722. The number of hydrogen-bond donors (Lipinski definition) is 0. The number of phosphoric acid groups is 1. The molecule has 0 aromatic carbocycles. The molecule has 0 rings (SSSR count). The van der Waals surface area contributed by atoms with Crippen LogP contribution in [-0.4, -0.2) is 17.4 Å². The molecule has 8 heavy (non-hydrogen) atoms. The minimum absolute atomic E-state index is 0. The molecular weight excluding hydrogens is 168 g/mol. The van der Waals surface area contributed by atoms with Gasteiger partial charge in [-0.3, -0.25) is 0 Å². The minimum atomic E-state index is -5.39. The third kappa shape index (κ3) is 72.3.